The lowest BCUT2D eigenvalue weighted by Crippen LogP contribution is -2.49. The number of aryl methyl sites for hydroxylation is 1. The molecule has 7 nitrogen and oxygen atoms in total. The molecule has 0 spiro atoms. The van der Waals surface area contributed by atoms with Crippen LogP contribution in [-0.2, 0) is 16.2 Å². The third kappa shape index (κ3) is 4.14. The second kappa shape index (κ2) is 7.21. The van der Waals surface area contributed by atoms with Crippen LogP contribution < -0.4 is 0 Å². The van der Waals surface area contributed by atoms with Crippen LogP contribution in [0.4, 0.5) is 13.2 Å². The van der Waals surface area contributed by atoms with Crippen LogP contribution in [0.25, 0.3) is 0 Å². The minimum absolute atomic E-state index is 0.149. The number of sulfonamides is 1. The standard InChI is InChI=1S/C16H19F3N4O3S/c1-11(15-20-12(2)21-26-15)22-7-9-23(10-8-22)27(24,25)14-5-3-13(4-6-14)16(17,18)19/h3-6,11H,7-10H2,1-2H3/t11-/m0/s1. The molecule has 1 fully saturated rings. The Hall–Kier alpha value is -1.98. The molecule has 148 valence electrons. The van der Waals surface area contributed by atoms with E-state index in [1.54, 1.807) is 6.92 Å². The molecule has 0 amide bonds. The van der Waals surface area contributed by atoms with Gasteiger partial charge in [0.25, 0.3) is 0 Å². The fourth-order valence-electron chi connectivity index (χ4n) is 2.94. The number of alkyl halides is 3. The first kappa shape index (κ1) is 19.8. The molecule has 1 atom stereocenters. The Balaban J connectivity index is 1.67. The van der Waals surface area contributed by atoms with Crippen molar-refractivity contribution < 1.29 is 26.1 Å². The van der Waals surface area contributed by atoms with E-state index in [1.807, 2.05) is 11.8 Å². The fourth-order valence-corrected chi connectivity index (χ4v) is 4.36. The summed E-state index contributed by atoms with van der Waals surface area (Å²) in [6.07, 6.45) is -4.50. The Morgan fingerprint density at radius 2 is 1.70 bits per heavy atom. The molecule has 0 bridgehead atoms. The Bertz CT molecular complexity index is 888. The van der Waals surface area contributed by atoms with Gasteiger partial charge < -0.3 is 4.52 Å². The molecule has 1 aliphatic rings. The van der Waals surface area contributed by atoms with Crippen LogP contribution in [0.3, 0.4) is 0 Å². The quantitative estimate of drug-likeness (QED) is 0.779. The second-order valence-corrected chi connectivity index (χ2v) is 8.26. The topological polar surface area (TPSA) is 79.5 Å². The molecule has 1 aliphatic heterocycles. The van der Waals surface area contributed by atoms with E-state index in [-0.39, 0.29) is 24.0 Å². The van der Waals surface area contributed by atoms with Gasteiger partial charge in [0.15, 0.2) is 5.82 Å². The van der Waals surface area contributed by atoms with Crippen molar-refractivity contribution >= 4 is 10.0 Å². The smallest absolute Gasteiger partial charge is 0.338 e. The Morgan fingerprint density at radius 1 is 1.11 bits per heavy atom. The van der Waals surface area contributed by atoms with Crippen LogP contribution >= 0.6 is 0 Å². The number of rotatable bonds is 4. The third-order valence-electron chi connectivity index (χ3n) is 4.54. The maximum absolute atomic E-state index is 12.7. The first-order valence-corrected chi connectivity index (χ1v) is 9.75. The lowest BCUT2D eigenvalue weighted by Gasteiger charge is -2.36. The highest BCUT2D eigenvalue weighted by Crippen LogP contribution is 2.30. The molecule has 0 aliphatic carbocycles. The molecule has 0 saturated carbocycles. The van der Waals surface area contributed by atoms with E-state index in [0.29, 0.717) is 24.8 Å². The molecule has 0 unspecified atom stereocenters. The van der Waals surface area contributed by atoms with Crippen molar-refractivity contribution in [3.05, 3.63) is 41.5 Å². The molecule has 0 N–H and O–H groups in total. The SMILES string of the molecule is Cc1noc([C@H](C)N2CCN(S(=O)(=O)c3ccc(C(F)(F)F)cc3)CC2)n1. The predicted octanol–water partition coefficient (Wildman–Crippen LogP) is 2.46. The third-order valence-corrected chi connectivity index (χ3v) is 6.45. The summed E-state index contributed by atoms with van der Waals surface area (Å²) < 4.78 is 69.7. The minimum Gasteiger partial charge on any atom is -0.338 e. The fraction of sp³-hybridized carbons (Fsp3) is 0.500. The Kier molecular flexibility index (Phi) is 5.28. The summed E-state index contributed by atoms with van der Waals surface area (Å²) in [5.41, 5.74) is -0.880. The molecule has 11 heteroatoms. The normalized spacial score (nSPS) is 18.6. The number of nitrogens with zero attached hydrogens (tertiary/aromatic N) is 4. The van der Waals surface area contributed by atoms with Crippen molar-refractivity contribution in [3.8, 4) is 0 Å². The molecule has 3 rings (SSSR count). The van der Waals surface area contributed by atoms with Crippen LogP contribution in [0.15, 0.2) is 33.7 Å². The highest BCUT2D eigenvalue weighted by molar-refractivity contribution is 7.89. The van der Waals surface area contributed by atoms with E-state index in [9.17, 15) is 21.6 Å². The number of hydrogen-bond donors (Lipinski definition) is 0. The molecule has 2 heterocycles. The van der Waals surface area contributed by atoms with Gasteiger partial charge in [0.2, 0.25) is 15.9 Å². The average Bonchev–Trinajstić information content (AvgIpc) is 3.07. The van der Waals surface area contributed by atoms with E-state index >= 15 is 0 Å². The van der Waals surface area contributed by atoms with E-state index in [4.69, 9.17) is 4.52 Å². The molecule has 1 saturated heterocycles. The number of aromatic nitrogens is 2. The van der Waals surface area contributed by atoms with Crippen LogP contribution in [0.2, 0.25) is 0 Å². The van der Waals surface area contributed by atoms with Gasteiger partial charge in [-0.1, -0.05) is 5.16 Å². The van der Waals surface area contributed by atoms with E-state index in [1.165, 1.54) is 4.31 Å². The van der Waals surface area contributed by atoms with Crippen LogP contribution in [0, 0.1) is 6.92 Å². The molecule has 2 aromatic rings. The summed E-state index contributed by atoms with van der Waals surface area (Å²) in [4.78, 5) is 6.06. The first-order valence-electron chi connectivity index (χ1n) is 8.30. The Morgan fingerprint density at radius 3 is 2.19 bits per heavy atom. The van der Waals surface area contributed by atoms with Crippen molar-refractivity contribution in [2.75, 3.05) is 26.2 Å². The number of hydrogen-bond acceptors (Lipinski definition) is 6. The Labute approximate surface area is 154 Å². The maximum Gasteiger partial charge on any atom is 0.416 e. The van der Waals surface area contributed by atoms with Gasteiger partial charge in [0.05, 0.1) is 16.5 Å². The van der Waals surface area contributed by atoms with Gasteiger partial charge in [-0.05, 0) is 38.1 Å². The summed E-state index contributed by atoms with van der Waals surface area (Å²) in [6.45, 7) is 4.95. The molecule has 27 heavy (non-hydrogen) atoms. The van der Waals surface area contributed by atoms with Gasteiger partial charge in [0.1, 0.15) is 0 Å². The summed E-state index contributed by atoms with van der Waals surface area (Å²) >= 11 is 0. The van der Waals surface area contributed by atoms with Gasteiger partial charge in [0, 0.05) is 26.2 Å². The zero-order valence-corrected chi connectivity index (χ0v) is 15.6. The number of benzene rings is 1. The lowest BCUT2D eigenvalue weighted by atomic mass is 10.2. The van der Waals surface area contributed by atoms with E-state index < -0.39 is 21.8 Å². The number of halogens is 3. The van der Waals surface area contributed by atoms with Crippen molar-refractivity contribution in [1.82, 2.24) is 19.3 Å². The highest BCUT2D eigenvalue weighted by atomic mass is 32.2. The van der Waals surface area contributed by atoms with Crippen molar-refractivity contribution in [2.45, 2.75) is 31.0 Å². The summed E-state index contributed by atoms with van der Waals surface area (Å²) in [5, 5.41) is 3.75. The van der Waals surface area contributed by atoms with Gasteiger partial charge in [-0.15, -0.1) is 0 Å². The monoisotopic (exact) mass is 404 g/mol. The minimum atomic E-state index is -4.50. The average molecular weight is 404 g/mol. The van der Waals surface area contributed by atoms with Gasteiger partial charge in [-0.2, -0.15) is 22.5 Å². The van der Waals surface area contributed by atoms with Gasteiger partial charge in [-0.25, -0.2) is 8.42 Å². The second-order valence-electron chi connectivity index (χ2n) is 6.32. The molecular formula is C16H19F3N4O3S. The summed E-state index contributed by atoms with van der Waals surface area (Å²) in [5.74, 6) is 0.993. The van der Waals surface area contributed by atoms with Crippen LogP contribution in [0.5, 0.6) is 0 Å². The summed E-state index contributed by atoms with van der Waals surface area (Å²) in [6, 6.07) is 3.40. The number of piperazine rings is 1. The van der Waals surface area contributed by atoms with Gasteiger partial charge in [-0.3, -0.25) is 4.90 Å². The largest absolute Gasteiger partial charge is 0.416 e. The van der Waals surface area contributed by atoms with Crippen LogP contribution in [-0.4, -0.2) is 53.9 Å². The predicted molar refractivity (Wildman–Crippen MR) is 89.2 cm³/mol. The molecule has 0 radical (unpaired) electrons. The first-order chi connectivity index (χ1) is 12.6. The molecular weight excluding hydrogens is 385 g/mol. The zero-order chi connectivity index (χ0) is 19.8. The zero-order valence-electron chi connectivity index (χ0n) is 14.8. The van der Waals surface area contributed by atoms with E-state index in [2.05, 4.69) is 10.1 Å². The highest BCUT2D eigenvalue weighted by Gasteiger charge is 2.33. The summed E-state index contributed by atoms with van der Waals surface area (Å²) in [7, 11) is -3.85. The van der Waals surface area contributed by atoms with Crippen molar-refractivity contribution in [2.24, 2.45) is 0 Å². The molecule has 1 aromatic carbocycles. The molecule has 1 aromatic heterocycles. The van der Waals surface area contributed by atoms with Crippen molar-refractivity contribution in [1.29, 1.82) is 0 Å². The van der Waals surface area contributed by atoms with E-state index in [0.717, 1.165) is 24.3 Å². The maximum atomic E-state index is 12.7. The van der Waals surface area contributed by atoms with Crippen molar-refractivity contribution in [3.63, 3.8) is 0 Å². The lowest BCUT2D eigenvalue weighted by molar-refractivity contribution is -0.137. The van der Waals surface area contributed by atoms with Crippen LogP contribution in [0.1, 0.15) is 30.2 Å². The van der Waals surface area contributed by atoms with Gasteiger partial charge >= 0.3 is 6.18 Å².